The van der Waals surface area contributed by atoms with Gasteiger partial charge in [0.15, 0.2) is 0 Å². The molecule has 0 radical (unpaired) electrons. The molecule has 6 heteroatoms. The van der Waals surface area contributed by atoms with E-state index in [0.717, 1.165) is 0 Å². The number of nitrogens with two attached hydrogens (primary N) is 1. The highest BCUT2D eigenvalue weighted by Gasteiger charge is 2.34. The molecule has 0 atom stereocenters. The Morgan fingerprint density at radius 2 is 1.75 bits per heavy atom. The topological polar surface area (TPSA) is 32.5 Å². The predicted molar refractivity (Wildman–Crippen MR) is 76.0 cm³/mol. The molecule has 0 saturated carbocycles. The lowest BCUT2D eigenvalue weighted by atomic mass is 10.0. The molecule has 1 aromatic carbocycles. The lowest BCUT2D eigenvalue weighted by Gasteiger charge is -2.25. The lowest BCUT2D eigenvalue weighted by Crippen LogP contribution is -2.30. The minimum Gasteiger partial charge on any atom is -0.373 e. The lowest BCUT2D eigenvalue weighted by molar-refractivity contribution is -0.137. The molecule has 0 amide bonds. The Morgan fingerprint density at radius 3 is 2.25 bits per heavy atom. The molecule has 0 aliphatic carbocycles. The van der Waals surface area contributed by atoms with E-state index in [4.69, 9.17) is 5.73 Å². The maximum absolute atomic E-state index is 13.2. The van der Waals surface area contributed by atoms with E-state index in [2.05, 4.69) is 0 Å². The van der Waals surface area contributed by atoms with Crippen molar-refractivity contribution in [2.24, 2.45) is 5.73 Å². The molecule has 0 spiro atoms. The SMILES string of the molecule is CN(C)CCN(C)c1ccc(CCN)cc1C(F)(F)F. The number of hydrogen-bond acceptors (Lipinski definition) is 3. The minimum absolute atomic E-state index is 0.208. The van der Waals surface area contributed by atoms with Gasteiger partial charge in [0.05, 0.1) is 5.56 Å². The van der Waals surface area contributed by atoms with Crippen molar-refractivity contribution in [1.82, 2.24) is 4.90 Å². The fourth-order valence-electron chi connectivity index (χ4n) is 1.94. The van der Waals surface area contributed by atoms with E-state index >= 15 is 0 Å². The van der Waals surface area contributed by atoms with E-state index in [-0.39, 0.29) is 5.69 Å². The van der Waals surface area contributed by atoms with Crippen LogP contribution in [0.4, 0.5) is 18.9 Å². The second-order valence-corrected chi connectivity index (χ2v) is 5.11. The first-order valence-corrected chi connectivity index (χ1v) is 6.51. The molecule has 0 aliphatic rings. The number of rotatable bonds is 6. The molecular formula is C14H22F3N3. The van der Waals surface area contributed by atoms with Crippen molar-refractivity contribution in [2.45, 2.75) is 12.6 Å². The summed E-state index contributed by atoms with van der Waals surface area (Å²) in [5.41, 5.74) is 5.63. The van der Waals surface area contributed by atoms with Crippen molar-refractivity contribution in [3.05, 3.63) is 29.3 Å². The molecule has 1 rings (SSSR count). The highest BCUT2D eigenvalue weighted by atomic mass is 19.4. The summed E-state index contributed by atoms with van der Waals surface area (Å²) in [5.74, 6) is 0. The summed E-state index contributed by atoms with van der Waals surface area (Å²) in [6.45, 7) is 1.57. The molecule has 0 fully saturated rings. The first-order valence-electron chi connectivity index (χ1n) is 6.51. The maximum Gasteiger partial charge on any atom is 0.418 e. The van der Waals surface area contributed by atoms with Gasteiger partial charge in [0.2, 0.25) is 0 Å². The molecule has 0 aromatic heterocycles. The summed E-state index contributed by atoms with van der Waals surface area (Å²) in [5, 5.41) is 0. The Balaban J connectivity index is 3.05. The van der Waals surface area contributed by atoms with Gasteiger partial charge in [0, 0.05) is 25.8 Å². The Bertz CT molecular complexity index is 430. The first-order chi connectivity index (χ1) is 9.25. The van der Waals surface area contributed by atoms with Crippen LogP contribution in [0.15, 0.2) is 18.2 Å². The third-order valence-corrected chi connectivity index (χ3v) is 3.09. The van der Waals surface area contributed by atoms with E-state index in [9.17, 15) is 13.2 Å². The second-order valence-electron chi connectivity index (χ2n) is 5.11. The summed E-state index contributed by atoms with van der Waals surface area (Å²) in [4.78, 5) is 3.57. The van der Waals surface area contributed by atoms with Gasteiger partial charge in [-0.25, -0.2) is 0 Å². The van der Waals surface area contributed by atoms with Gasteiger partial charge >= 0.3 is 6.18 Å². The Morgan fingerprint density at radius 1 is 1.10 bits per heavy atom. The molecule has 20 heavy (non-hydrogen) atoms. The molecule has 114 valence electrons. The largest absolute Gasteiger partial charge is 0.418 e. The summed E-state index contributed by atoms with van der Waals surface area (Å²) in [7, 11) is 5.46. The van der Waals surface area contributed by atoms with E-state index in [0.29, 0.717) is 31.6 Å². The van der Waals surface area contributed by atoms with E-state index in [1.165, 1.54) is 12.1 Å². The number of likely N-dealkylation sites (N-methyl/N-ethyl adjacent to an activating group) is 2. The van der Waals surface area contributed by atoms with Gasteiger partial charge in [0.1, 0.15) is 0 Å². The summed E-state index contributed by atoms with van der Waals surface area (Å²) in [6.07, 6.45) is -3.91. The molecule has 0 bridgehead atoms. The zero-order valence-electron chi connectivity index (χ0n) is 12.2. The fraction of sp³-hybridized carbons (Fsp3) is 0.571. The van der Waals surface area contributed by atoms with E-state index in [1.807, 2.05) is 19.0 Å². The smallest absolute Gasteiger partial charge is 0.373 e. The number of halogens is 3. The van der Waals surface area contributed by atoms with Gasteiger partial charge in [0.25, 0.3) is 0 Å². The molecule has 0 heterocycles. The van der Waals surface area contributed by atoms with Crippen molar-refractivity contribution in [3.8, 4) is 0 Å². The van der Waals surface area contributed by atoms with Crippen LogP contribution in [-0.4, -0.2) is 45.7 Å². The van der Waals surface area contributed by atoms with Crippen LogP contribution in [0.1, 0.15) is 11.1 Å². The van der Waals surface area contributed by atoms with Crippen LogP contribution in [0.25, 0.3) is 0 Å². The first kappa shape index (κ1) is 16.8. The zero-order chi connectivity index (χ0) is 15.3. The number of hydrogen-bond donors (Lipinski definition) is 1. The fourth-order valence-corrected chi connectivity index (χ4v) is 1.94. The zero-order valence-corrected chi connectivity index (χ0v) is 12.2. The number of benzene rings is 1. The average molecular weight is 289 g/mol. The highest BCUT2D eigenvalue weighted by Crippen LogP contribution is 2.36. The molecular weight excluding hydrogens is 267 g/mol. The monoisotopic (exact) mass is 289 g/mol. The Labute approximate surface area is 118 Å². The van der Waals surface area contributed by atoms with Crippen molar-refractivity contribution < 1.29 is 13.2 Å². The van der Waals surface area contributed by atoms with E-state index < -0.39 is 11.7 Å². The van der Waals surface area contributed by atoms with Crippen LogP contribution >= 0.6 is 0 Å². The molecule has 1 aromatic rings. The summed E-state index contributed by atoms with van der Waals surface area (Å²) < 4.78 is 39.5. The van der Waals surface area contributed by atoms with Gasteiger partial charge in [-0.15, -0.1) is 0 Å². The normalized spacial score (nSPS) is 12.0. The van der Waals surface area contributed by atoms with Gasteiger partial charge in [-0.3, -0.25) is 0 Å². The Kier molecular flexibility index (Phi) is 5.83. The quantitative estimate of drug-likeness (QED) is 0.871. The van der Waals surface area contributed by atoms with Crippen LogP contribution in [0.2, 0.25) is 0 Å². The van der Waals surface area contributed by atoms with Crippen molar-refractivity contribution in [2.75, 3.05) is 45.7 Å². The second kappa shape index (κ2) is 6.95. The average Bonchev–Trinajstić information content (AvgIpc) is 2.35. The molecule has 2 N–H and O–H groups in total. The van der Waals surface area contributed by atoms with E-state index in [1.54, 1.807) is 18.0 Å². The van der Waals surface area contributed by atoms with Crippen LogP contribution < -0.4 is 10.6 Å². The summed E-state index contributed by atoms with van der Waals surface area (Å²) in [6, 6.07) is 4.45. The molecule has 0 aliphatic heterocycles. The van der Waals surface area contributed by atoms with Crippen molar-refractivity contribution in [1.29, 1.82) is 0 Å². The number of alkyl halides is 3. The molecule has 3 nitrogen and oxygen atoms in total. The van der Waals surface area contributed by atoms with Crippen LogP contribution in [0, 0.1) is 0 Å². The van der Waals surface area contributed by atoms with Crippen LogP contribution in [0.5, 0.6) is 0 Å². The highest BCUT2D eigenvalue weighted by molar-refractivity contribution is 5.56. The number of anilines is 1. The molecule has 0 unspecified atom stereocenters. The van der Waals surface area contributed by atoms with Gasteiger partial charge < -0.3 is 15.5 Å². The predicted octanol–water partition coefficient (Wildman–Crippen LogP) is 2.20. The van der Waals surface area contributed by atoms with Crippen LogP contribution in [-0.2, 0) is 12.6 Å². The van der Waals surface area contributed by atoms with Crippen LogP contribution in [0.3, 0.4) is 0 Å². The number of nitrogens with zero attached hydrogens (tertiary/aromatic N) is 2. The van der Waals surface area contributed by atoms with Gasteiger partial charge in [-0.1, -0.05) is 6.07 Å². The van der Waals surface area contributed by atoms with Crippen molar-refractivity contribution >= 4 is 5.69 Å². The Hall–Kier alpha value is -1.27. The van der Waals surface area contributed by atoms with Gasteiger partial charge in [-0.2, -0.15) is 13.2 Å². The third-order valence-electron chi connectivity index (χ3n) is 3.09. The van der Waals surface area contributed by atoms with Gasteiger partial charge in [-0.05, 0) is 44.8 Å². The summed E-state index contributed by atoms with van der Waals surface area (Å²) >= 11 is 0. The maximum atomic E-state index is 13.2. The third kappa shape index (κ3) is 4.68. The standard InChI is InChI=1S/C14H22F3N3/c1-19(2)8-9-20(3)13-5-4-11(6-7-18)10-12(13)14(15,16)17/h4-5,10H,6-9,18H2,1-3H3. The minimum atomic E-state index is -4.35. The molecule has 0 saturated heterocycles. The van der Waals surface area contributed by atoms with Crippen molar-refractivity contribution in [3.63, 3.8) is 0 Å².